The molecule has 0 N–H and O–H groups in total. The Kier molecular flexibility index (Phi) is 5.23. The standard InChI is InChI=1S/C20H21N5O3S/c1-12-10-17(18(26)11-29-20-21-22-23-25(20)16-8-9-16)13(2)24(12)15-6-4-14(5-7-15)19(27)28-3/h4-7,10,16H,8-9,11H2,1-3H3. The van der Waals surface area contributed by atoms with Crippen LogP contribution in [0.25, 0.3) is 5.69 Å². The van der Waals surface area contributed by atoms with E-state index in [0.29, 0.717) is 22.3 Å². The summed E-state index contributed by atoms with van der Waals surface area (Å²) in [6.07, 6.45) is 2.17. The topological polar surface area (TPSA) is 91.9 Å². The second-order valence-corrected chi connectivity index (χ2v) is 7.95. The number of tetrazole rings is 1. The molecule has 0 aliphatic heterocycles. The Morgan fingerprint density at radius 3 is 2.59 bits per heavy atom. The predicted octanol–water partition coefficient (Wildman–Crippen LogP) is 3.18. The molecular weight excluding hydrogens is 390 g/mol. The highest BCUT2D eigenvalue weighted by Crippen LogP contribution is 2.36. The summed E-state index contributed by atoms with van der Waals surface area (Å²) in [6.45, 7) is 3.88. The lowest BCUT2D eigenvalue weighted by molar-refractivity contribution is 0.0600. The van der Waals surface area contributed by atoms with Crippen LogP contribution in [0.5, 0.6) is 0 Å². The van der Waals surface area contributed by atoms with Crippen LogP contribution in [-0.2, 0) is 4.74 Å². The van der Waals surface area contributed by atoms with Gasteiger partial charge < -0.3 is 9.30 Å². The number of esters is 1. The third kappa shape index (κ3) is 3.82. The van der Waals surface area contributed by atoms with Crippen LogP contribution in [0.3, 0.4) is 0 Å². The van der Waals surface area contributed by atoms with Crippen molar-refractivity contribution in [3.05, 3.63) is 52.8 Å². The number of rotatable bonds is 7. The third-order valence-corrected chi connectivity index (χ3v) is 5.90. The van der Waals surface area contributed by atoms with Crippen LogP contribution in [0.2, 0.25) is 0 Å². The number of hydrogen-bond donors (Lipinski definition) is 0. The van der Waals surface area contributed by atoms with Crippen LogP contribution in [0.4, 0.5) is 0 Å². The second-order valence-electron chi connectivity index (χ2n) is 7.01. The van der Waals surface area contributed by atoms with Gasteiger partial charge in [-0.05, 0) is 67.4 Å². The number of aromatic nitrogens is 5. The number of Topliss-reactive ketones (excluding diaryl/α,β-unsaturated/α-hetero) is 1. The minimum Gasteiger partial charge on any atom is -0.465 e. The lowest BCUT2D eigenvalue weighted by atomic mass is 10.2. The van der Waals surface area contributed by atoms with Gasteiger partial charge in [0.25, 0.3) is 0 Å². The van der Waals surface area contributed by atoms with E-state index >= 15 is 0 Å². The molecule has 150 valence electrons. The lowest BCUT2D eigenvalue weighted by Gasteiger charge is -2.10. The average molecular weight is 411 g/mol. The molecule has 0 radical (unpaired) electrons. The van der Waals surface area contributed by atoms with Crippen molar-refractivity contribution in [2.24, 2.45) is 0 Å². The number of nitrogens with zero attached hydrogens (tertiary/aromatic N) is 5. The van der Waals surface area contributed by atoms with Gasteiger partial charge in [0.2, 0.25) is 5.16 Å². The Morgan fingerprint density at radius 2 is 1.93 bits per heavy atom. The van der Waals surface area contributed by atoms with E-state index in [4.69, 9.17) is 4.74 Å². The summed E-state index contributed by atoms with van der Waals surface area (Å²) in [7, 11) is 1.36. The van der Waals surface area contributed by atoms with Crippen LogP contribution in [0.15, 0.2) is 35.5 Å². The maximum absolute atomic E-state index is 12.9. The Bertz CT molecular complexity index is 1070. The maximum Gasteiger partial charge on any atom is 0.337 e. The highest BCUT2D eigenvalue weighted by atomic mass is 32.2. The first-order valence-electron chi connectivity index (χ1n) is 9.31. The van der Waals surface area contributed by atoms with Crippen LogP contribution < -0.4 is 0 Å². The van der Waals surface area contributed by atoms with Gasteiger partial charge in [-0.3, -0.25) is 4.79 Å². The number of carbonyl (C=O) groups excluding carboxylic acids is 2. The van der Waals surface area contributed by atoms with E-state index in [2.05, 4.69) is 15.5 Å². The molecule has 1 aliphatic rings. The Labute approximate surface area is 172 Å². The number of ether oxygens (including phenoxy) is 1. The van der Waals surface area contributed by atoms with Crippen LogP contribution in [0, 0.1) is 13.8 Å². The van der Waals surface area contributed by atoms with Gasteiger partial charge in [-0.25, -0.2) is 9.48 Å². The summed E-state index contributed by atoms with van der Waals surface area (Å²) < 4.78 is 8.56. The molecule has 0 unspecified atom stereocenters. The highest BCUT2D eigenvalue weighted by Gasteiger charge is 2.28. The fourth-order valence-corrected chi connectivity index (χ4v) is 4.17. The lowest BCUT2D eigenvalue weighted by Crippen LogP contribution is -2.07. The van der Waals surface area contributed by atoms with Crippen LogP contribution >= 0.6 is 11.8 Å². The van der Waals surface area contributed by atoms with Crippen molar-refractivity contribution in [2.75, 3.05) is 12.9 Å². The molecule has 0 saturated heterocycles. The molecule has 1 aromatic carbocycles. The summed E-state index contributed by atoms with van der Waals surface area (Å²) in [5.41, 5.74) is 3.86. The Balaban J connectivity index is 1.52. The minimum atomic E-state index is -0.376. The fraction of sp³-hybridized carbons (Fsp3) is 0.350. The molecule has 2 aromatic heterocycles. The van der Waals surface area contributed by atoms with Crippen molar-refractivity contribution in [1.29, 1.82) is 0 Å². The van der Waals surface area contributed by atoms with Gasteiger partial charge in [0.1, 0.15) is 0 Å². The molecule has 1 saturated carbocycles. The number of carbonyl (C=O) groups is 2. The molecule has 8 nitrogen and oxygen atoms in total. The van der Waals surface area contributed by atoms with E-state index in [-0.39, 0.29) is 17.5 Å². The number of aryl methyl sites for hydroxylation is 1. The normalized spacial score (nSPS) is 13.5. The summed E-state index contributed by atoms with van der Waals surface area (Å²) in [6, 6.07) is 9.40. The number of hydrogen-bond acceptors (Lipinski definition) is 7. The number of thioether (sulfide) groups is 1. The summed E-state index contributed by atoms with van der Waals surface area (Å²) in [5.74, 6) is -0.0663. The van der Waals surface area contributed by atoms with Gasteiger partial charge in [-0.15, -0.1) is 5.10 Å². The van der Waals surface area contributed by atoms with Gasteiger partial charge in [0.05, 0.1) is 24.5 Å². The molecule has 0 amide bonds. The zero-order valence-electron chi connectivity index (χ0n) is 16.5. The SMILES string of the molecule is COC(=O)c1ccc(-n2c(C)cc(C(=O)CSc3nnnn3C3CC3)c2C)cc1. The van der Waals surface area contributed by atoms with Crippen LogP contribution in [-0.4, -0.2) is 49.4 Å². The van der Waals surface area contributed by atoms with Crippen molar-refractivity contribution in [2.45, 2.75) is 37.9 Å². The molecule has 29 heavy (non-hydrogen) atoms. The molecule has 0 bridgehead atoms. The van der Waals surface area contributed by atoms with Crippen LogP contribution in [0.1, 0.15) is 51.0 Å². The van der Waals surface area contributed by atoms with Gasteiger partial charge in [-0.2, -0.15) is 0 Å². The maximum atomic E-state index is 12.9. The molecule has 3 aromatic rings. The van der Waals surface area contributed by atoms with E-state index < -0.39 is 0 Å². The van der Waals surface area contributed by atoms with Crippen molar-refractivity contribution < 1.29 is 14.3 Å². The smallest absolute Gasteiger partial charge is 0.337 e. The first-order chi connectivity index (χ1) is 14.0. The average Bonchev–Trinajstić information content (AvgIpc) is 3.39. The number of ketones is 1. The Hall–Kier alpha value is -2.94. The first kappa shape index (κ1) is 19.4. The molecule has 9 heteroatoms. The monoisotopic (exact) mass is 411 g/mol. The van der Waals surface area contributed by atoms with Gasteiger partial charge >= 0.3 is 5.97 Å². The summed E-state index contributed by atoms with van der Waals surface area (Å²) >= 11 is 1.37. The second kappa shape index (κ2) is 7.82. The molecule has 0 spiro atoms. The number of benzene rings is 1. The van der Waals surface area contributed by atoms with E-state index in [1.165, 1.54) is 18.9 Å². The van der Waals surface area contributed by atoms with E-state index in [9.17, 15) is 9.59 Å². The van der Waals surface area contributed by atoms with E-state index in [0.717, 1.165) is 29.9 Å². The van der Waals surface area contributed by atoms with Gasteiger partial charge in [0.15, 0.2) is 5.78 Å². The fourth-order valence-electron chi connectivity index (χ4n) is 3.34. The Morgan fingerprint density at radius 1 is 1.21 bits per heavy atom. The molecule has 2 heterocycles. The minimum absolute atomic E-state index is 0.0332. The molecule has 1 aliphatic carbocycles. The van der Waals surface area contributed by atoms with E-state index in [1.807, 2.05) is 41.3 Å². The summed E-state index contributed by atoms with van der Waals surface area (Å²) in [4.78, 5) is 24.5. The molecular formula is C20H21N5O3S. The van der Waals surface area contributed by atoms with Crippen molar-refractivity contribution >= 4 is 23.5 Å². The largest absolute Gasteiger partial charge is 0.465 e. The molecule has 0 atom stereocenters. The van der Waals surface area contributed by atoms with Crippen molar-refractivity contribution in [1.82, 2.24) is 24.8 Å². The van der Waals surface area contributed by atoms with Crippen molar-refractivity contribution in [3.63, 3.8) is 0 Å². The van der Waals surface area contributed by atoms with E-state index in [1.54, 1.807) is 12.1 Å². The summed E-state index contributed by atoms with van der Waals surface area (Å²) in [5, 5.41) is 12.5. The first-order valence-corrected chi connectivity index (χ1v) is 10.3. The third-order valence-electron chi connectivity index (χ3n) is 4.97. The quantitative estimate of drug-likeness (QED) is 0.335. The molecule has 4 rings (SSSR count). The predicted molar refractivity (Wildman–Crippen MR) is 108 cm³/mol. The molecule has 1 fully saturated rings. The zero-order valence-corrected chi connectivity index (χ0v) is 17.3. The number of methoxy groups -OCH3 is 1. The van der Waals surface area contributed by atoms with Crippen molar-refractivity contribution in [3.8, 4) is 5.69 Å². The highest BCUT2D eigenvalue weighted by molar-refractivity contribution is 7.99. The van der Waals surface area contributed by atoms with Gasteiger partial charge in [0, 0.05) is 22.6 Å². The zero-order chi connectivity index (χ0) is 20.5. The van der Waals surface area contributed by atoms with Gasteiger partial charge in [-0.1, -0.05) is 11.8 Å².